The molecule has 1 saturated heterocycles. The van der Waals surface area contributed by atoms with Gasteiger partial charge in [-0.25, -0.2) is 0 Å². The van der Waals surface area contributed by atoms with Crippen molar-refractivity contribution in [3.05, 3.63) is 35.9 Å². The lowest BCUT2D eigenvalue weighted by atomic mass is 9.90. The minimum atomic E-state index is -0.365. The standard InChI is InChI=1S/C11H15NO/c13-11-10(7-4-8-12-11)9-5-2-1-3-6-9/h1-3,5-6,10-13H,4,7-8H2/t10-,11-/m0/s1. The van der Waals surface area contributed by atoms with Crippen LogP contribution in [0.25, 0.3) is 0 Å². The summed E-state index contributed by atoms with van der Waals surface area (Å²) in [5, 5.41) is 12.8. The Morgan fingerprint density at radius 3 is 2.69 bits per heavy atom. The molecule has 1 fully saturated rings. The van der Waals surface area contributed by atoms with Gasteiger partial charge in [-0.1, -0.05) is 30.3 Å². The number of hydrogen-bond donors (Lipinski definition) is 2. The summed E-state index contributed by atoms with van der Waals surface area (Å²) in [6.45, 7) is 0.935. The van der Waals surface area contributed by atoms with Gasteiger partial charge in [0.25, 0.3) is 0 Å². The van der Waals surface area contributed by atoms with Gasteiger partial charge in [-0.15, -0.1) is 0 Å². The fraction of sp³-hybridized carbons (Fsp3) is 0.455. The molecule has 2 rings (SSSR count). The van der Waals surface area contributed by atoms with Crippen LogP contribution in [0.3, 0.4) is 0 Å². The van der Waals surface area contributed by atoms with Crippen molar-refractivity contribution in [2.45, 2.75) is 25.0 Å². The zero-order valence-electron chi connectivity index (χ0n) is 7.61. The van der Waals surface area contributed by atoms with Crippen LogP contribution in [0, 0.1) is 0 Å². The Kier molecular flexibility index (Phi) is 2.62. The van der Waals surface area contributed by atoms with E-state index in [2.05, 4.69) is 17.4 Å². The summed E-state index contributed by atoms with van der Waals surface area (Å²) in [7, 11) is 0. The molecule has 13 heavy (non-hydrogen) atoms. The molecule has 1 aromatic carbocycles. The molecule has 2 heteroatoms. The van der Waals surface area contributed by atoms with E-state index in [4.69, 9.17) is 0 Å². The van der Waals surface area contributed by atoms with Gasteiger partial charge in [0.05, 0.1) is 0 Å². The molecule has 2 nitrogen and oxygen atoms in total. The molecule has 2 atom stereocenters. The van der Waals surface area contributed by atoms with Crippen LogP contribution in [0.2, 0.25) is 0 Å². The average molecular weight is 177 g/mol. The van der Waals surface area contributed by atoms with E-state index in [1.165, 1.54) is 5.56 Å². The number of aliphatic hydroxyl groups is 1. The first kappa shape index (κ1) is 8.73. The van der Waals surface area contributed by atoms with Gasteiger partial charge in [-0.05, 0) is 24.9 Å². The van der Waals surface area contributed by atoms with Crippen molar-refractivity contribution in [1.82, 2.24) is 5.32 Å². The Balaban J connectivity index is 2.15. The highest BCUT2D eigenvalue weighted by Gasteiger charge is 2.23. The number of benzene rings is 1. The van der Waals surface area contributed by atoms with Crippen LogP contribution in [0.4, 0.5) is 0 Å². The molecule has 0 spiro atoms. The van der Waals surface area contributed by atoms with Gasteiger partial charge in [-0.3, -0.25) is 5.32 Å². The smallest absolute Gasteiger partial charge is 0.111 e. The molecule has 0 amide bonds. The topological polar surface area (TPSA) is 32.3 Å². The number of hydrogen-bond acceptors (Lipinski definition) is 2. The largest absolute Gasteiger partial charge is 0.378 e. The van der Waals surface area contributed by atoms with Gasteiger partial charge < -0.3 is 5.11 Å². The lowest BCUT2D eigenvalue weighted by Crippen LogP contribution is -2.39. The van der Waals surface area contributed by atoms with Crippen LogP contribution in [0.1, 0.15) is 24.3 Å². The lowest BCUT2D eigenvalue weighted by molar-refractivity contribution is 0.0845. The minimum Gasteiger partial charge on any atom is -0.378 e. The quantitative estimate of drug-likeness (QED) is 0.681. The minimum absolute atomic E-state index is 0.273. The fourth-order valence-corrected chi connectivity index (χ4v) is 1.92. The van der Waals surface area contributed by atoms with E-state index in [0.717, 1.165) is 19.4 Å². The molecule has 1 aromatic rings. The predicted molar refractivity (Wildman–Crippen MR) is 52.4 cm³/mol. The van der Waals surface area contributed by atoms with Crippen LogP contribution in [0.15, 0.2) is 30.3 Å². The van der Waals surface area contributed by atoms with Crippen molar-refractivity contribution in [3.8, 4) is 0 Å². The van der Waals surface area contributed by atoms with Gasteiger partial charge in [0.1, 0.15) is 6.23 Å². The van der Waals surface area contributed by atoms with Crippen molar-refractivity contribution >= 4 is 0 Å². The van der Waals surface area contributed by atoms with E-state index < -0.39 is 0 Å². The second kappa shape index (κ2) is 3.90. The van der Waals surface area contributed by atoms with Crippen molar-refractivity contribution in [1.29, 1.82) is 0 Å². The van der Waals surface area contributed by atoms with Gasteiger partial charge >= 0.3 is 0 Å². The van der Waals surface area contributed by atoms with Crippen LogP contribution >= 0.6 is 0 Å². The number of nitrogens with one attached hydrogen (secondary N) is 1. The molecule has 0 aliphatic carbocycles. The van der Waals surface area contributed by atoms with Gasteiger partial charge in [0.2, 0.25) is 0 Å². The molecule has 70 valence electrons. The van der Waals surface area contributed by atoms with Gasteiger partial charge in [0.15, 0.2) is 0 Å². The second-order valence-electron chi connectivity index (χ2n) is 3.56. The number of aliphatic hydroxyl groups excluding tert-OH is 1. The third kappa shape index (κ3) is 1.90. The summed E-state index contributed by atoms with van der Waals surface area (Å²) in [4.78, 5) is 0. The maximum absolute atomic E-state index is 9.71. The van der Waals surface area contributed by atoms with Crippen molar-refractivity contribution in [2.75, 3.05) is 6.54 Å². The van der Waals surface area contributed by atoms with Crippen molar-refractivity contribution < 1.29 is 5.11 Å². The van der Waals surface area contributed by atoms with Crippen LogP contribution in [-0.4, -0.2) is 17.9 Å². The maximum Gasteiger partial charge on any atom is 0.111 e. The van der Waals surface area contributed by atoms with Gasteiger partial charge in [0, 0.05) is 5.92 Å². The Morgan fingerprint density at radius 1 is 1.23 bits per heavy atom. The highest BCUT2D eigenvalue weighted by atomic mass is 16.3. The van der Waals surface area contributed by atoms with E-state index >= 15 is 0 Å². The highest BCUT2D eigenvalue weighted by Crippen LogP contribution is 2.26. The Labute approximate surface area is 78.6 Å². The first-order chi connectivity index (χ1) is 6.38. The third-order valence-corrected chi connectivity index (χ3v) is 2.65. The molecule has 2 N–H and O–H groups in total. The lowest BCUT2D eigenvalue weighted by Gasteiger charge is -2.28. The van der Waals surface area contributed by atoms with E-state index in [1.807, 2.05) is 18.2 Å². The molecule has 0 unspecified atom stereocenters. The summed E-state index contributed by atoms with van der Waals surface area (Å²) in [5.74, 6) is 0.273. The molecule has 1 heterocycles. The molecule has 1 aliphatic rings. The molecule has 0 saturated carbocycles. The normalized spacial score (nSPS) is 28.7. The Hall–Kier alpha value is -0.860. The van der Waals surface area contributed by atoms with Crippen LogP contribution < -0.4 is 5.32 Å². The monoisotopic (exact) mass is 177 g/mol. The molecule has 0 radical (unpaired) electrons. The molecule has 1 aliphatic heterocycles. The van der Waals surface area contributed by atoms with Crippen LogP contribution in [0.5, 0.6) is 0 Å². The number of piperidine rings is 1. The van der Waals surface area contributed by atoms with Crippen LogP contribution in [-0.2, 0) is 0 Å². The fourth-order valence-electron chi connectivity index (χ4n) is 1.92. The Morgan fingerprint density at radius 2 is 2.00 bits per heavy atom. The zero-order chi connectivity index (χ0) is 9.10. The second-order valence-corrected chi connectivity index (χ2v) is 3.56. The average Bonchev–Trinajstić information content (AvgIpc) is 2.20. The first-order valence-electron chi connectivity index (χ1n) is 4.84. The highest BCUT2D eigenvalue weighted by molar-refractivity contribution is 5.20. The van der Waals surface area contributed by atoms with Gasteiger partial charge in [-0.2, -0.15) is 0 Å². The first-order valence-corrected chi connectivity index (χ1v) is 4.84. The van der Waals surface area contributed by atoms with Crippen molar-refractivity contribution in [3.63, 3.8) is 0 Å². The van der Waals surface area contributed by atoms with E-state index in [1.54, 1.807) is 0 Å². The van der Waals surface area contributed by atoms with E-state index in [0.29, 0.717) is 0 Å². The summed E-state index contributed by atoms with van der Waals surface area (Å²) < 4.78 is 0. The van der Waals surface area contributed by atoms with E-state index in [9.17, 15) is 5.11 Å². The maximum atomic E-state index is 9.71. The van der Waals surface area contributed by atoms with E-state index in [-0.39, 0.29) is 12.1 Å². The molecule has 0 aromatic heterocycles. The summed E-state index contributed by atoms with van der Waals surface area (Å²) in [6, 6.07) is 10.2. The molecular formula is C11H15NO. The number of rotatable bonds is 1. The van der Waals surface area contributed by atoms with Crippen molar-refractivity contribution in [2.24, 2.45) is 0 Å². The SMILES string of the molecule is O[C@@H]1NCCC[C@H]1c1ccccc1. The molecular weight excluding hydrogens is 162 g/mol. The third-order valence-electron chi connectivity index (χ3n) is 2.65. The summed E-state index contributed by atoms with van der Waals surface area (Å²) in [6.07, 6.45) is 1.87. The predicted octanol–water partition coefficient (Wildman–Crippen LogP) is 1.47. The zero-order valence-corrected chi connectivity index (χ0v) is 7.61. The summed E-state index contributed by atoms with van der Waals surface area (Å²) in [5.41, 5.74) is 1.24. The summed E-state index contributed by atoms with van der Waals surface area (Å²) >= 11 is 0. The Bertz CT molecular complexity index is 260. The molecule has 0 bridgehead atoms.